The van der Waals surface area contributed by atoms with Gasteiger partial charge in [0.15, 0.2) is 11.5 Å². The molecule has 0 unspecified atom stereocenters. The summed E-state index contributed by atoms with van der Waals surface area (Å²) in [6, 6.07) is 5.91. The fourth-order valence-electron chi connectivity index (χ4n) is 3.46. The SMILES string of the molecule is COc1cc(C2(N=C=O)CCCC2)ccc1OC1CN(C)C1. The monoisotopic (exact) mass is 302 g/mol. The third kappa shape index (κ3) is 2.74. The van der Waals surface area contributed by atoms with Crippen LogP contribution in [0.25, 0.3) is 0 Å². The number of ether oxygens (including phenoxy) is 2. The Morgan fingerprint density at radius 1 is 1.27 bits per heavy atom. The van der Waals surface area contributed by atoms with Crippen LogP contribution in [0, 0.1) is 0 Å². The number of carbonyl (C=O) groups excluding carboxylic acids is 1. The first-order chi connectivity index (χ1) is 10.7. The zero-order chi connectivity index (χ0) is 15.6. The standard InChI is InChI=1S/C17H22N2O3/c1-19-10-14(11-19)22-15-6-5-13(9-16(15)21-2)17(18-12-20)7-3-4-8-17/h5-6,9,14H,3-4,7-8,10-11H2,1-2H3. The minimum absolute atomic E-state index is 0.221. The van der Waals surface area contributed by atoms with E-state index in [1.165, 1.54) is 0 Å². The van der Waals surface area contributed by atoms with E-state index in [-0.39, 0.29) is 6.10 Å². The van der Waals surface area contributed by atoms with E-state index >= 15 is 0 Å². The van der Waals surface area contributed by atoms with E-state index in [1.807, 2.05) is 18.2 Å². The Hall–Kier alpha value is -1.84. The maximum absolute atomic E-state index is 10.8. The second-order valence-electron chi connectivity index (χ2n) is 6.27. The highest BCUT2D eigenvalue weighted by Gasteiger charge is 2.36. The maximum Gasteiger partial charge on any atom is 0.235 e. The number of hydrogen-bond acceptors (Lipinski definition) is 5. The van der Waals surface area contributed by atoms with Gasteiger partial charge >= 0.3 is 0 Å². The molecule has 0 aromatic heterocycles. The van der Waals surface area contributed by atoms with E-state index in [0.29, 0.717) is 5.75 Å². The molecular weight excluding hydrogens is 280 g/mol. The molecule has 1 aliphatic carbocycles. The molecule has 22 heavy (non-hydrogen) atoms. The molecular formula is C17H22N2O3. The molecule has 3 rings (SSSR count). The van der Waals surface area contributed by atoms with Crippen molar-refractivity contribution in [3.63, 3.8) is 0 Å². The molecule has 2 fully saturated rings. The van der Waals surface area contributed by atoms with Crippen molar-refractivity contribution in [3.8, 4) is 11.5 Å². The summed E-state index contributed by atoms with van der Waals surface area (Å²) in [7, 11) is 3.71. The zero-order valence-corrected chi connectivity index (χ0v) is 13.2. The van der Waals surface area contributed by atoms with Gasteiger partial charge in [0.25, 0.3) is 0 Å². The van der Waals surface area contributed by atoms with Crippen molar-refractivity contribution in [2.75, 3.05) is 27.2 Å². The molecule has 118 valence electrons. The fraction of sp³-hybridized carbons (Fsp3) is 0.588. The van der Waals surface area contributed by atoms with Crippen LogP contribution in [0.3, 0.4) is 0 Å². The van der Waals surface area contributed by atoms with Gasteiger partial charge in [-0.2, -0.15) is 4.99 Å². The van der Waals surface area contributed by atoms with Gasteiger partial charge in [-0.25, -0.2) is 4.79 Å². The van der Waals surface area contributed by atoms with Crippen molar-refractivity contribution in [2.45, 2.75) is 37.3 Å². The average molecular weight is 302 g/mol. The molecule has 1 heterocycles. The van der Waals surface area contributed by atoms with E-state index in [4.69, 9.17) is 9.47 Å². The summed E-state index contributed by atoms with van der Waals surface area (Å²) in [5.41, 5.74) is 0.591. The Labute approximate surface area is 130 Å². The Balaban J connectivity index is 1.86. The average Bonchev–Trinajstić information content (AvgIpc) is 2.96. The smallest absolute Gasteiger partial charge is 0.235 e. The summed E-state index contributed by atoms with van der Waals surface area (Å²) in [4.78, 5) is 17.2. The largest absolute Gasteiger partial charge is 0.493 e. The van der Waals surface area contributed by atoms with Gasteiger partial charge in [0.2, 0.25) is 6.08 Å². The first-order valence-electron chi connectivity index (χ1n) is 7.79. The third-order valence-corrected chi connectivity index (χ3v) is 4.72. The third-order valence-electron chi connectivity index (χ3n) is 4.72. The Morgan fingerprint density at radius 2 is 2.00 bits per heavy atom. The van der Waals surface area contributed by atoms with Crippen molar-refractivity contribution < 1.29 is 14.3 Å². The normalized spacial score (nSPS) is 21.0. The molecule has 0 bridgehead atoms. The minimum atomic E-state index is -0.426. The van der Waals surface area contributed by atoms with E-state index in [2.05, 4.69) is 16.9 Å². The number of isocyanates is 1. The number of hydrogen-bond donors (Lipinski definition) is 0. The molecule has 0 amide bonds. The fourth-order valence-corrected chi connectivity index (χ4v) is 3.46. The summed E-state index contributed by atoms with van der Waals surface area (Å²) in [6.45, 7) is 1.87. The Kier molecular flexibility index (Phi) is 4.19. The second kappa shape index (κ2) is 6.11. The van der Waals surface area contributed by atoms with E-state index in [0.717, 1.165) is 50.1 Å². The van der Waals surface area contributed by atoms with E-state index < -0.39 is 5.54 Å². The second-order valence-corrected chi connectivity index (χ2v) is 6.27. The molecule has 0 atom stereocenters. The highest BCUT2D eigenvalue weighted by atomic mass is 16.5. The van der Waals surface area contributed by atoms with Crippen molar-refractivity contribution in [3.05, 3.63) is 23.8 Å². The van der Waals surface area contributed by atoms with Gasteiger partial charge in [-0.1, -0.05) is 18.9 Å². The zero-order valence-electron chi connectivity index (χ0n) is 13.2. The number of benzene rings is 1. The van der Waals surface area contributed by atoms with Gasteiger partial charge in [-0.05, 0) is 37.6 Å². The number of likely N-dealkylation sites (N-methyl/N-ethyl adjacent to an activating group) is 1. The predicted octanol–water partition coefficient (Wildman–Crippen LogP) is 2.49. The number of aliphatic imine (C=N–C) groups is 1. The molecule has 0 radical (unpaired) electrons. The molecule has 1 aromatic carbocycles. The Bertz CT molecular complexity index is 584. The van der Waals surface area contributed by atoms with Crippen LogP contribution in [0.2, 0.25) is 0 Å². The van der Waals surface area contributed by atoms with E-state index in [1.54, 1.807) is 13.2 Å². The van der Waals surface area contributed by atoms with Gasteiger partial charge in [-0.15, -0.1) is 0 Å². The summed E-state index contributed by atoms with van der Waals surface area (Å²) in [6.07, 6.45) is 5.92. The summed E-state index contributed by atoms with van der Waals surface area (Å²) in [5, 5.41) is 0. The number of methoxy groups -OCH3 is 1. The van der Waals surface area contributed by atoms with Gasteiger partial charge in [0.1, 0.15) is 6.10 Å². The number of nitrogens with zero attached hydrogens (tertiary/aromatic N) is 2. The van der Waals surface area contributed by atoms with Crippen molar-refractivity contribution in [1.82, 2.24) is 4.90 Å². The number of rotatable bonds is 5. The lowest BCUT2D eigenvalue weighted by Gasteiger charge is -2.36. The van der Waals surface area contributed by atoms with Crippen LogP contribution < -0.4 is 9.47 Å². The maximum atomic E-state index is 10.8. The molecule has 5 heteroatoms. The first-order valence-corrected chi connectivity index (χ1v) is 7.79. The van der Waals surface area contributed by atoms with Crippen LogP contribution in [0.5, 0.6) is 11.5 Å². The minimum Gasteiger partial charge on any atom is -0.493 e. The van der Waals surface area contributed by atoms with Crippen LogP contribution in [-0.2, 0) is 10.3 Å². The number of likely N-dealkylation sites (tertiary alicyclic amines) is 1. The van der Waals surface area contributed by atoms with Crippen LogP contribution >= 0.6 is 0 Å². The molecule has 2 aliphatic rings. The quantitative estimate of drug-likeness (QED) is 0.619. The van der Waals surface area contributed by atoms with Crippen LogP contribution in [0.4, 0.5) is 0 Å². The summed E-state index contributed by atoms with van der Waals surface area (Å²) < 4.78 is 11.5. The summed E-state index contributed by atoms with van der Waals surface area (Å²) >= 11 is 0. The summed E-state index contributed by atoms with van der Waals surface area (Å²) in [5.74, 6) is 1.46. The van der Waals surface area contributed by atoms with Gasteiger partial charge in [0, 0.05) is 13.1 Å². The van der Waals surface area contributed by atoms with Gasteiger partial charge in [-0.3, -0.25) is 4.90 Å². The molecule has 5 nitrogen and oxygen atoms in total. The first kappa shape index (κ1) is 15.1. The van der Waals surface area contributed by atoms with Crippen LogP contribution in [0.15, 0.2) is 23.2 Å². The van der Waals surface area contributed by atoms with Gasteiger partial charge < -0.3 is 9.47 Å². The van der Waals surface area contributed by atoms with Crippen molar-refractivity contribution in [2.24, 2.45) is 4.99 Å². The van der Waals surface area contributed by atoms with Crippen molar-refractivity contribution >= 4 is 6.08 Å². The lowest BCUT2D eigenvalue weighted by molar-refractivity contribution is 0.0369. The molecule has 1 saturated heterocycles. The molecule has 1 aliphatic heterocycles. The lowest BCUT2D eigenvalue weighted by atomic mass is 9.88. The highest BCUT2D eigenvalue weighted by Crippen LogP contribution is 2.44. The molecule has 1 saturated carbocycles. The van der Waals surface area contributed by atoms with Crippen LogP contribution in [0.1, 0.15) is 31.2 Å². The topological polar surface area (TPSA) is 51.1 Å². The lowest BCUT2D eigenvalue weighted by Crippen LogP contribution is -2.51. The van der Waals surface area contributed by atoms with E-state index in [9.17, 15) is 4.79 Å². The van der Waals surface area contributed by atoms with Crippen LogP contribution in [-0.4, -0.2) is 44.3 Å². The van der Waals surface area contributed by atoms with Crippen molar-refractivity contribution in [1.29, 1.82) is 0 Å². The molecule has 1 aromatic rings. The highest BCUT2D eigenvalue weighted by molar-refractivity contribution is 5.47. The predicted molar refractivity (Wildman–Crippen MR) is 83.2 cm³/mol. The van der Waals surface area contributed by atoms with Gasteiger partial charge in [0.05, 0.1) is 12.6 Å². The Morgan fingerprint density at radius 3 is 2.59 bits per heavy atom. The molecule has 0 spiro atoms. The molecule has 0 N–H and O–H groups in total.